The van der Waals surface area contributed by atoms with Crippen LogP contribution in [0, 0.1) is 11.2 Å². The minimum absolute atomic E-state index is 0.185. The highest BCUT2D eigenvalue weighted by Gasteiger charge is 2.35. The summed E-state index contributed by atoms with van der Waals surface area (Å²) in [6.07, 6.45) is 3.63. The average Bonchev–Trinajstić information content (AvgIpc) is 3.28. The van der Waals surface area contributed by atoms with Crippen molar-refractivity contribution < 1.29 is 22.3 Å². The Morgan fingerprint density at radius 1 is 1.23 bits per heavy atom. The van der Waals surface area contributed by atoms with E-state index in [4.69, 9.17) is 14.5 Å². The van der Waals surface area contributed by atoms with Gasteiger partial charge in [-0.1, -0.05) is 13.0 Å². The number of benzene rings is 1. The van der Waals surface area contributed by atoms with Crippen molar-refractivity contribution in [3.63, 3.8) is 0 Å². The van der Waals surface area contributed by atoms with Crippen molar-refractivity contribution in [2.24, 2.45) is 5.41 Å². The number of aromatic nitrogens is 4. The van der Waals surface area contributed by atoms with E-state index in [0.29, 0.717) is 41.0 Å². The summed E-state index contributed by atoms with van der Waals surface area (Å²) in [7, 11) is -3.33. The normalized spacial score (nSPS) is 20.5. The monoisotopic (exact) mass is 502 g/mol. The maximum Gasteiger partial charge on any atom is 0.223 e. The molecule has 0 atom stereocenters. The molecule has 1 fully saturated rings. The number of rotatable bonds is 9. The zero-order valence-corrected chi connectivity index (χ0v) is 20.2. The van der Waals surface area contributed by atoms with Gasteiger partial charge >= 0.3 is 0 Å². The molecule has 0 unspecified atom stereocenters. The molecule has 10 nitrogen and oxygen atoms in total. The summed E-state index contributed by atoms with van der Waals surface area (Å²) >= 11 is 0. The quantitative estimate of drug-likeness (QED) is 0.381. The lowest BCUT2D eigenvalue weighted by molar-refractivity contribution is -0.231. The Balaban J connectivity index is 1.62. The molecule has 0 aliphatic carbocycles. The van der Waals surface area contributed by atoms with Crippen molar-refractivity contribution in [1.29, 1.82) is 0 Å². The Bertz CT molecular complexity index is 1290. The predicted molar refractivity (Wildman–Crippen MR) is 129 cm³/mol. The number of hydrogen-bond acceptors (Lipinski definition) is 8. The minimum Gasteiger partial charge on any atom is -0.351 e. The second kappa shape index (κ2) is 10.2. The summed E-state index contributed by atoms with van der Waals surface area (Å²) in [5.41, 5.74) is 1.86. The lowest BCUT2D eigenvalue weighted by Gasteiger charge is -2.36. The molecule has 1 aliphatic heterocycles. The van der Waals surface area contributed by atoms with Crippen LogP contribution in [0.3, 0.4) is 0 Å². The van der Waals surface area contributed by atoms with Crippen molar-refractivity contribution in [2.45, 2.75) is 13.2 Å². The van der Waals surface area contributed by atoms with Gasteiger partial charge in [-0.3, -0.25) is 0 Å². The highest BCUT2D eigenvalue weighted by molar-refractivity contribution is 7.88. The number of anilines is 1. The smallest absolute Gasteiger partial charge is 0.223 e. The molecule has 0 amide bonds. The number of ether oxygens (including phenoxy) is 2. The van der Waals surface area contributed by atoms with Crippen molar-refractivity contribution in [2.75, 3.05) is 37.9 Å². The van der Waals surface area contributed by atoms with E-state index in [1.807, 2.05) is 6.92 Å². The fourth-order valence-corrected chi connectivity index (χ4v) is 4.07. The lowest BCUT2D eigenvalue weighted by Crippen LogP contribution is -2.45. The standard InChI is InChI=1S/C23H27FN6O4S/c1-4-10-25-22-26-11-9-17(28-22)19-18(15-5-7-16(24)8-6-15)29-20(30-19)21-33-13-23(2,14-34-21)12-27-35(3,31)32/h4-9,11,21,27H,1,10,12-14H2,2-3H3,(H,29,30)(H,25,26,28). The molecule has 1 saturated heterocycles. The minimum atomic E-state index is -3.33. The molecular formula is C23H27FN6O4S. The van der Waals surface area contributed by atoms with Crippen LogP contribution < -0.4 is 10.0 Å². The van der Waals surface area contributed by atoms with Gasteiger partial charge in [-0.25, -0.2) is 32.5 Å². The summed E-state index contributed by atoms with van der Waals surface area (Å²) in [6.45, 7) is 6.75. The molecule has 4 rings (SSSR count). The molecular weight excluding hydrogens is 475 g/mol. The Hall–Kier alpha value is -3.19. The number of halogens is 1. The Labute approximate surface area is 203 Å². The summed E-state index contributed by atoms with van der Waals surface area (Å²) in [5.74, 6) is 0.476. The van der Waals surface area contributed by atoms with Crippen molar-refractivity contribution >= 4 is 16.0 Å². The molecule has 3 aromatic rings. The van der Waals surface area contributed by atoms with Gasteiger partial charge in [0.1, 0.15) is 5.82 Å². The number of nitrogens with one attached hydrogen (secondary N) is 3. The first kappa shape index (κ1) is 24.9. The van der Waals surface area contributed by atoms with Crippen LogP contribution in [0.15, 0.2) is 49.2 Å². The molecule has 1 aromatic carbocycles. The van der Waals surface area contributed by atoms with E-state index in [-0.39, 0.29) is 25.6 Å². The van der Waals surface area contributed by atoms with Crippen LogP contribution in [-0.4, -0.2) is 60.9 Å². The van der Waals surface area contributed by atoms with Gasteiger partial charge in [0.25, 0.3) is 0 Å². The highest BCUT2D eigenvalue weighted by atomic mass is 32.2. The van der Waals surface area contributed by atoms with E-state index >= 15 is 0 Å². The average molecular weight is 503 g/mol. The molecule has 0 spiro atoms. The third-order valence-corrected chi connectivity index (χ3v) is 5.98. The first-order valence-corrected chi connectivity index (χ1v) is 12.8. The van der Waals surface area contributed by atoms with Gasteiger partial charge in [-0.05, 0) is 30.3 Å². The molecule has 0 saturated carbocycles. The zero-order valence-electron chi connectivity index (χ0n) is 19.4. The van der Waals surface area contributed by atoms with Crippen LogP contribution in [0.5, 0.6) is 0 Å². The van der Waals surface area contributed by atoms with E-state index < -0.39 is 21.7 Å². The summed E-state index contributed by atoms with van der Waals surface area (Å²) in [4.78, 5) is 16.7. The molecule has 35 heavy (non-hydrogen) atoms. The molecule has 12 heteroatoms. The number of sulfonamides is 1. The molecule has 1 aliphatic rings. The van der Waals surface area contributed by atoms with Gasteiger partial charge in [0.2, 0.25) is 22.3 Å². The van der Waals surface area contributed by atoms with Crippen molar-refractivity contribution in [1.82, 2.24) is 24.7 Å². The van der Waals surface area contributed by atoms with Gasteiger partial charge in [0.15, 0.2) is 5.82 Å². The summed E-state index contributed by atoms with van der Waals surface area (Å²) < 4.78 is 50.8. The number of hydrogen-bond donors (Lipinski definition) is 3. The maximum absolute atomic E-state index is 13.6. The topological polar surface area (TPSA) is 131 Å². The number of aromatic amines is 1. The Morgan fingerprint density at radius 3 is 2.60 bits per heavy atom. The third-order valence-electron chi connectivity index (χ3n) is 5.31. The van der Waals surface area contributed by atoms with Crippen LogP contribution >= 0.6 is 0 Å². The van der Waals surface area contributed by atoms with E-state index in [9.17, 15) is 12.8 Å². The lowest BCUT2D eigenvalue weighted by atomic mass is 9.92. The summed E-state index contributed by atoms with van der Waals surface area (Å²) in [6, 6.07) is 7.72. The van der Waals surface area contributed by atoms with Gasteiger partial charge in [-0.2, -0.15) is 0 Å². The summed E-state index contributed by atoms with van der Waals surface area (Å²) in [5, 5.41) is 3.05. The Kier molecular flexibility index (Phi) is 7.26. The van der Waals surface area contributed by atoms with Crippen LogP contribution in [0.1, 0.15) is 19.0 Å². The first-order chi connectivity index (χ1) is 16.7. The van der Waals surface area contributed by atoms with Crippen LogP contribution in [0.25, 0.3) is 22.6 Å². The van der Waals surface area contributed by atoms with Crippen molar-refractivity contribution in [3.8, 4) is 22.6 Å². The molecule has 186 valence electrons. The largest absolute Gasteiger partial charge is 0.351 e. The number of nitrogens with zero attached hydrogens (tertiary/aromatic N) is 3. The van der Waals surface area contributed by atoms with Crippen LogP contribution in [-0.2, 0) is 19.5 Å². The third kappa shape index (κ3) is 6.28. The number of imidazole rings is 1. The predicted octanol–water partition coefficient (Wildman–Crippen LogP) is 2.87. The molecule has 0 bridgehead atoms. The molecule has 0 radical (unpaired) electrons. The second-order valence-corrected chi connectivity index (χ2v) is 10.5. The highest BCUT2D eigenvalue weighted by Crippen LogP contribution is 2.35. The van der Waals surface area contributed by atoms with Gasteiger partial charge in [0, 0.05) is 30.3 Å². The molecule has 2 aromatic heterocycles. The van der Waals surface area contributed by atoms with E-state index in [1.165, 1.54) is 12.1 Å². The van der Waals surface area contributed by atoms with Gasteiger partial charge < -0.3 is 19.8 Å². The molecule has 3 heterocycles. The van der Waals surface area contributed by atoms with E-state index in [2.05, 4.69) is 31.6 Å². The van der Waals surface area contributed by atoms with Gasteiger partial charge in [0.05, 0.1) is 36.6 Å². The fraction of sp³-hybridized carbons (Fsp3) is 0.348. The second-order valence-electron chi connectivity index (χ2n) is 8.65. The van der Waals surface area contributed by atoms with E-state index in [0.717, 1.165) is 6.26 Å². The first-order valence-electron chi connectivity index (χ1n) is 10.9. The van der Waals surface area contributed by atoms with Crippen LogP contribution in [0.2, 0.25) is 0 Å². The number of H-pyrrole nitrogens is 1. The Morgan fingerprint density at radius 2 is 1.94 bits per heavy atom. The van der Waals surface area contributed by atoms with E-state index in [1.54, 1.807) is 30.5 Å². The van der Waals surface area contributed by atoms with Crippen molar-refractivity contribution in [3.05, 3.63) is 60.8 Å². The van der Waals surface area contributed by atoms with Crippen LogP contribution in [0.4, 0.5) is 10.3 Å². The maximum atomic E-state index is 13.6. The molecule has 3 N–H and O–H groups in total. The SMILES string of the molecule is C=CCNc1nccc(-c2[nH]c(C3OCC(C)(CNS(C)(=O)=O)CO3)nc2-c2ccc(F)cc2)n1. The van der Waals surface area contributed by atoms with Gasteiger partial charge in [-0.15, -0.1) is 6.58 Å². The zero-order chi connectivity index (χ0) is 25.1. The fourth-order valence-electron chi connectivity index (χ4n) is 3.46.